The summed E-state index contributed by atoms with van der Waals surface area (Å²) in [6.45, 7) is 5.42. The number of rotatable bonds is 5. The van der Waals surface area contributed by atoms with Crippen molar-refractivity contribution in [3.63, 3.8) is 0 Å². The highest BCUT2D eigenvalue weighted by molar-refractivity contribution is 14.0. The molecule has 6 nitrogen and oxygen atoms in total. The van der Waals surface area contributed by atoms with Gasteiger partial charge in [-0.05, 0) is 26.0 Å². The minimum atomic E-state index is 0. The maximum absolute atomic E-state index is 4.58. The van der Waals surface area contributed by atoms with Crippen molar-refractivity contribution in [2.24, 2.45) is 4.99 Å². The number of aromatic nitrogens is 2. The van der Waals surface area contributed by atoms with E-state index in [1.807, 2.05) is 44.1 Å². The summed E-state index contributed by atoms with van der Waals surface area (Å²) in [7, 11) is 5.73. The molecule has 0 atom stereocenters. The van der Waals surface area contributed by atoms with E-state index >= 15 is 0 Å². The van der Waals surface area contributed by atoms with Crippen LogP contribution >= 0.6 is 35.3 Å². The van der Waals surface area contributed by atoms with E-state index in [0.717, 1.165) is 28.2 Å². The molecule has 0 aliphatic rings. The average Bonchev–Trinajstić information content (AvgIpc) is 2.86. The van der Waals surface area contributed by atoms with E-state index in [9.17, 15) is 0 Å². The largest absolute Gasteiger partial charge is 0.363 e. The third kappa shape index (κ3) is 5.90. The van der Waals surface area contributed by atoms with E-state index in [0.29, 0.717) is 13.1 Å². The van der Waals surface area contributed by atoms with Crippen LogP contribution in [-0.2, 0) is 13.1 Å². The molecule has 0 saturated heterocycles. The van der Waals surface area contributed by atoms with Gasteiger partial charge < -0.3 is 15.5 Å². The zero-order valence-corrected chi connectivity index (χ0v) is 17.9. The minimum absolute atomic E-state index is 0. The zero-order chi connectivity index (χ0) is 16.8. The molecular weight excluding hydrogens is 435 g/mol. The van der Waals surface area contributed by atoms with Crippen LogP contribution in [-0.4, -0.2) is 37.1 Å². The van der Waals surface area contributed by atoms with Crippen LogP contribution < -0.4 is 15.5 Å². The Bertz CT molecular complexity index is 663. The summed E-state index contributed by atoms with van der Waals surface area (Å²) in [6.07, 6.45) is 0. The average molecular weight is 460 g/mol. The van der Waals surface area contributed by atoms with E-state index in [-0.39, 0.29) is 24.0 Å². The van der Waals surface area contributed by atoms with E-state index in [1.54, 1.807) is 18.4 Å². The predicted octanol–water partition coefficient (Wildman–Crippen LogP) is 2.70. The molecule has 0 aliphatic heterocycles. The molecule has 0 aliphatic carbocycles. The molecule has 0 bridgehead atoms. The van der Waals surface area contributed by atoms with Crippen LogP contribution in [0.5, 0.6) is 0 Å². The first-order valence-corrected chi connectivity index (χ1v) is 8.32. The number of halogens is 1. The Kier molecular flexibility index (Phi) is 8.40. The van der Waals surface area contributed by atoms with Gasteiger partial charge >= 0.3 is 0 Å². The summed E-state index contributed by atoms with van der Waals surface area (Å²) in [4.78, 5) is 16.6. The van der Waals surface area contributed by atoms with Crippen molar-refractivity contribution in [2.75, 3.05) is 26.0 Å². The lowest BCUT2D eigenvalue weighted by atomic mass is 10.3. The lowest BCUT2D eigenvalue weighted by Crippen LogP contribution is -2.36. The monoisotopic (exact) mass is 460 g/mol. The Hall–Kier alpha value is -1.42. The van der Waals surface area contributed by atoms with Crippen molar-refractivity contribution in [2.45, 2.75) is 26.9 Å². The third-order valence-electron chi connectivity index (χ3n) is 3.39. The Morgan fingerprint density at radius 2 is 1.88 bits per heavy atom. The molecule has 24 heavy (non-hydrogen) atoms. The fourth-order valence-corrected chi connectivity index (χ4v) is 2.86. The topological polar surface area (TPSA) is 65.4 Å². The van der Waals surface area contributed by atoms with E-state index in [4.69, 9.17) is 0 Å². The quantitative estimate of drug-likeness (QED) is 0.408. The number of guanidine groups is 1. The molecule has 2 aromatic heterocycles. The van der Waals surface area contributed by atoms with Crippen LogP contribution in [0.3, 0.4) is 0 Å². The molecule has 2 aromatic rings. The van der Waals surface area contributed by atoms with Gasteiger partial charge in [0.05, 0.1) is 24.5 Å². The number of hydrogen-bond donors (Lipinski definition) is 2. The lowest BCUT2D eigenvalue weighted by molar-refractivity contribution is 0.789. The maximum atomic E-state index is 4.58. The number of hydrogen-bond acceptors (Lipinski definition) is 5. The Morgan fingerprint density at radius 3 is 2.46 bits per heavy atom. The normalized spacial score (nSPS) is 11.0. The molecule has 0 radical (unpaired) electrons. The Balaban J connectivity index is 0.00000288. The van der Waals surface area contributed by atoms with Gasteiger partial charge in [-0.25, -0.2) is 9.97 Å². The SMILES string of the molecule is CN=C(NCc1cccc(N(C)C)n1)NCc1nc(C)c(C)s1.I. The van der Waals surface area contributed by atoms with Crippen LogP contribution in [0.15, 0.2) is 23.2 Å². The van der Waals surface area contributed by atoms with Gasteiger partial charge in [0, 0.05) is 26.0 Å². The van der Waals surface area contributed by atoms with E-state index in [1.165, 1.54) is 4.88 Å². The van der Waals surface area contributed by atoms with Crippen molar-refractivity contribution in [1.82, 2.24) is 20.6 Å². The Morgan fingerprint density at radius 1 is 1.17 bits per heavy atom. The van der Waals surface area contributed by atoms with Crippen molar-refractivity contribution in [1.29, 1.82) is 0 Å². The molecule has 0 aromatic carbocycles. The highest BCUT2D eigenvalue weighted by Crippen LogP contribution is 2.15. The minimum Gasteiger partial charge on any atom is -0.363 e. The Labute approximate surface area is 164 Å². The number of aryl methyl sites for hydroxylation is 2. The molecule has 8 heteroatoms. The van der Waals surface area contributed by atoms with Crippen molar-refractivity contribution < 1.29 is 0 Å². The molecule has 0 fully saturated rings. The van der Waals surface area contributed by atoms with Crippen LogP contribution in [0, 0.1) is 13.8 Å². The van der Waals surface area contributed by atoms with Gasteiger partial charge in [-0.3, -0.25) is 4.99 Å². The van der Waals surface area contributed by atoms with Crippen LogP contribution in [0.2, 0.25) is 0 Å². The number of anilines is 1. The van der Waals surface area contributed by atoms with Crippen molar-refractivity contribution in [3.8, 4) is 0 Å². The second kappa shape index (κ2) is 9.77. The molecular formula is C16H25IN6S. The van der Waals surface area contributed by atoms with Gasteiger partial charge in [-0.1, -0.05) is 6.07 Å². The molecule has 2 rings (SSSR count). The fraction of sp³-hybridized carbons (Fsp3) is 0.438. The molecule has 0 saturated carbocycles. The van der Waals surface area contributed by atoms with E-state index < -0.39 is 0 Å². The second-order valence-corrected chi connectivity index (χ2v) is 6.70. The molecule has 0 unspecified atom stereocenters. The van der Waals surface area contributed by atoms with Gasteiger partial charge in [0.15, 0.2) is 5.96 Å². The number of thiazole rings is 1. The number of nitrogens with one attached hydrogen (secondary N) is 2. The summed E-state index contributed by atoms with van der Waals surface area (Å²) < 4.78 is 0. The summed E-state index contributed by atoms with van der Waals surface area (Å²) in [5.41, 5.74) is 2.07. The van der Waals surface area contributed by atoms with Gasteiger partial charge in [-0.15, -0.1) is 35.3 Å². The predicted molar refractivity (Wildman–Crippen MR) is 113 cm³/mol. The maximum Gasteiger partial charge on any atom is 0.191 e. The first kappa shape index (κ1) is 20.6. The van der Waals surface area contributed by atoms with Gasteiger partial charge in [0.1, 0.15) is 10.8 Å². The standard InChI is InChI=1S/C16H24N6S.HI/c1-11-12(2)23-15(20-11)10-19-16(17-3)18-9-13-7-6-8-14(21-13)22(4)5;/h6-8H,9-10H2,1-5H3,(H2,17,18,19);1H. The summed E-state index contributed by atoms with van der Waals surface area (Å²) in [5, 5.41) is 7.63. The smallest absolute Gasteiger partial charge is 0.191 e. The van der Waals surface area contributed by atoms with Crippen molar-refractivity contribution >= 4 is 47.1 Å². The summed E-state index contributed by atoms with van der Waals surface area (Å²) in [5.74, 6) is 1.69. The van der Waals surface area contributed by atoms with Crippen LogP contribution in [0.1, 0.15) is 21.3 Å². The summed E-state index contributed by atoms with van der Waals surface area (Å²) in [6, 6.07) is 6.00. The summed E-state index contributed by atoms with van der Waals surface area (Å²) >= 11 is 1.71. The number of nitrogens with zero attached hydrogens (tertiary/aromatic N) is 4. The van der Waals surface area contributed by atoms with Gasteiger partial charge in [0.2, 0.25) is 0 Å². The van der Waals surface area contributed by atoms with Crippen molar-refractivity contribution in [3.05, 3.63) is 39.5 Å². The molecule has 0 spiro atoms. The first-order chi connectivity index (χ1) is 11.0. The molecule has 2 heterocycles. The van der Waals surface area contributed by atoms with Crippen LogP contribution in [0.25, 0.3) is 0 Å². The lowest BCUT2D eigenvalue weighted by Gasteiger charge is -2.14. The molecule has 0 amide bonds. The first-order valence-electron chi connectivity index (χ1n) is 7.50. The van der Waals surface area contributed by atoms with Gasteiger partial charge in [-0.2, -0.15) is 0 Å². The fourth-order valence-electron chi connectivity index (χ4n) is 1.98. The third-order valence-corrected chi connectivity index (χ3v) is 4.46. The zero-order valence-electron chi connectivity index (χ0n) is 14.8. The highest BCUT2D eigenvalue weighted by atomic mass is 127. The van der Waals surface area contributed by atoms with Gasteiger partial charge in [0.25, 0.3) is 0 Å². The van der Waals surface area contributed by atoms with Crippen LogP contribution in [0.4, 0.5) is 5.82 Å². The number of aliphatic imine (C=N–C) groups is 1. The highest BCUT2D eigenvalue weighted by Gasteiger charge is 2.05. The molecule has 132 valence electrons. The van der Waals surface area contributed by atoms with E-state index in [2.05, 4.69) is 32.5 Å². The number of pyridine rings is 1. The molecule has 2 N–H and O–H groups in total. The second-order valence-electron chi connectivity index (χ2n) is 5.41.